The van der Waals surface area contributed by atoms with Gasteiger partial charge in [-0.05, 0) is 34.5 Å². The van der Waals surface area contributed by atoms with Gasteiger partial charge in [-0.15, -0.1) is 5.10 Å². The molecule has 1 unspecified atom stereocenters. The maximum absolute atomic E-state index is 14.8. The summed E-state index contributed by atoms with van der Waals surface area (Å²) in [6.07, 6.45) is 2.02. The van der Waals surface area contributed by atoms with E-state index in [9.17, 15) is 8.78 Å². The van der Waals surface area contributed by atoms with E-state index in [4.69, 9.17) is 5.10 Å². The van der Waals surface area contributed by atoms with Gasteiger partial charge < -0.3 is 0 Å². The minimum atomic E-state index is -0.883. The summed E-state index contributed by atoms with van der Waals surface area (Å²) in [5.74, 6) is -1.05. The third kappa shape index (κ3) is 3.58. The maximum atomic E-state index is 14.8. The first-order valence-electron chi connectivity index (χ1n) is 10.6. The van der Waals surface area contributed by atoms with E-state index in [1.54, 1.807) is 10.7 Å². The van der Waals surface area contributed by atoms with Gasteiger partial charge in [0.25, 0.3) is 0 Å². The van der Waals surface area contributed by atoms with Gasteiger partial charge in [-0.25, -0.2) is 18.1 Å². The number of nitrogens with zero attached hydrogens (tertiary/aromatic N) is 7. The standard InChI is InChI=1S/C23H23F2N7/c1-15(2)21-16(14-32(27-21)17-7-4-3-5-8-17)13-30-11-12-31-23(26-28-29-31)22(30)18-9-6-10-19(24)20(18)25/h3-10,14-15,22H,11-13H2,1-2H3. The number of para-hydroxylation sites is 1. The van der Waals surface area contributed by atoms with Crippen LogP contribution in [0.5, 0.6) is 0 Å². The van der Waals surface area contributed by atoms with Gasteiger partial charge in [-0.2, -0.15) is 5.10 Å². The smallest absolute Gasteiger partial charge is 0.173 e. The number of benzene rings is 2. The Balaban J connectivity index is 1.56. The van der Waals surface area contributed by atoms with Crippen molar-refractivity contribution >= 4 is 0 Å². The summed E-state index contributed by atoms with van der Waals surface area (Å²) in [7, 11) is 0. The molecule has 7 nitrogen and oxygen atoms in total. The molecule has 0 radical (unpaired) electrons. The van der Waals surface area contributed by atoms with Crippen molar-refractivity contribution in [1.29, 1.82) is 0 Å². The number of tetrazole rings is 1. The lowest BCUT2D eigenvalue weighted by Gasteiger charge is -2.35. The van der Waals surface area contributed by atoms with Crippen LogP contribution in [0.3, 0.4) is 0 Å². The molecule has 0 spiro atoms. The molecule has 0 saturated carbocycles. The lowest BCUT2D eigenvalue weighted by molar-refractivity contribution is 0.160. The van der Waals surface area contributed by atoms with Crippen molar-refractivity contribution in [3.05, 3.63) is 89.0 Å². The van der Waals surface area contributed by atoms with Crippen molar-refractivity contribution in [2.45, 2.75) is 38.9 Å². The van der Waals surface area contributed by atoms with Crippen molar-refractivity contribution in [2.75, 3.05) is 6.54 Å². The van der Waals surface area contributed by atoms with Crippen molar-refractivity contribution in [2.24, 2.45) is 0 Å². The predicted octanol–water partition coefficient (Wildman–Crippen LogP) is 3.87. The topological polar surface area (TPSA) is 64.7 Å². The fourth-order valence-corrected chi connectivity index (χ4v) is 4.28. The number of aromatic nitrogens is 6. The predicted molar refractivity (Wildman–Crippen MR) is 114 cm³/mol. The number of halogens is 2. The van der Waals surface area contributed by atoms with E-state index in [-0.39, 0.29) is 11.5 Å². The van der Waals surface area contributed by atoms with Crippen LogP contribution in [-0.2, 0) is 13.1 Å². The molecule has 9 heteroatoms. The summed E-state index contributed by atoms with van der Waals surface area (Å²) in [6.45, 7) is 5.86. The molecule has 0 amide bonds. The quantitative estimate of drug-likeness (QED) is 0.476. The molecule has 0 fully saturated rings. The van der Waals surface area contributed by atoms with Crippen LogP contribution in [0.2, 0.25) is 0 Å². The maximum Gasteiger partial charge on any atom is 0.173 e. The Morgan fingerprint density at radius 1 is 1.03 bits per heavy atom. The highest BCUT2D eigenvalue weighted by Gasteiger charge is 2.35. The van der Waals surface area contributed by atoms with Crippen LogP contribution in [0.4, 0.5) is 8.78 Å². The molecule has 164 valence electrons. The first kappa shape index (κ1) is 20.4. The third-order valence-corrected chi connectivity index (χ3v) is 5.81. The molecule has 2 aromatic heterocycles. The van der Waals surface area contributed by atoms with Crippen molar-refractivity contribution in [1.82, 2.24) is 34.9 Å². The molecule has 2 aromatic carbocycles. The Morgan fingerprint density at radius 3 is 2.62 bits per heavy atom. The van der Waals surface area contributed by atoms with E-state index in [0.29, 0.717) is 25.5 Å². The minimum Gasteiger partial charge on any atom is -0.283 e. The highest BCUT2D eigenvalue weighted by Crippen LogP contribution is 2.34. The Hall–Kier alpha value is -3.46. The van der Waals surface area contributed by atoms with Gasteiger partial charge in [0.15, 0.2) is 17.5 Å². The van der Waals surface area contributed by atoms with E-state index in [1.807, 2.05) is 41.2 Å². The van der Waals surface area contributed by atoms with Crippen molar-refractivity contribution in [3.63, 3.8) is 0 Å². The molecule has 1 aliphatic heterocycles. The zero-order chi connectivity index (χ0) is 22.2. The Bertz CT molecular complexity index is 1230. The molecule has 0 aliphatic carbocycles. The van der Waals surface area contributed by atoms with E-state index >= 15 is 0 Å². The summed E-state index contributed by atoms with van der Waals surface area (Å²) in [5, 5.41) is 16.7. The second kappa shape index (κ2) is 8.23. The second-order valence-corrected chi connectivity index (χ2v) is 8.25. The van der Waals surface area contributed by atoms with Crippen LogP contribution < -0.4 is 0 Å². The molecule has 32 heavy (non-hydrogen) atoms. The lowest BCUT2D eigenvalue weighted by atomic mass is 10.00. The molecule has 3 heterocycles. The first-order valence-corrected chi connectivity index (χ1v) is 10.6. The van der Waals surface area contributed by atoms with Crippen LogP contribution in [0.1, 0.15) is 48.5 Å². The van der Waals surface area contributed by atoms with Crippen LogP contribution in [0.15, 0.2) is 54.7 Å². The average Bonchev–Trinajstić information content (AvgIpc) is 3.44. The fraction of sp³-hybridized carbons (Fsp3) is 0.304. The highest BCUT2D eigenvalue weighted by molar-refractivity contribution is 5.34. The van der Waals surface area contributed by atoms with Gasteiger partial charge in [0.2, 0.25) is 0 Å². The van der Waals surface area contributed by atoms with Crippen LogP contribution in [-0.4, -0.2) is 41.4 Å². The molecule has 1 aliphatic rings. The van der Waals surface area contributed by atoms with Gasteiger partial charge in [-0.3, -0.25) is 4.90 Å². The highest BCUT2D eigenvalue weighted by atomic mass is 19.2. The van der Waals surface area contributed by atoms with E-state index < -0.39 is 17.7 Å². The van der Waals surface area contributed by atoms with E-state index in [1.165, 1.54) is 6.07 Å². The van der Waals surface area contributed by atoms with Gasteiger partial charge in [0, 0.05) is 30.4 Å². The molecule has 0 saturated heterocycles. The van der Waals surface area contributed by atoms with E-state index in [2.05, 4.69) is 34.3 Å². The molecule has 0 bridgehead atoms. The summed E-state index contributed by atoms with van der Waals surface area (Å²) in [5.41, 5.74) is 3.20. The first-order chi connectivity index (χ1) is 15.5. The minimum absolute atomic E-state index is 0.203. The van der Waals surface area contributed by atoms with Crippen LogP contribution in [0.25, 0.3) is 5.69 Å². The van der Waals surface area contributed by atoms with Crippen molar-refractivity contribution < 1.29 is 8.78 Å². The summed E-state index contributed by atoms with van der Waals surface area (Å²) >= 11 is 0. The number of fused-ring (bicyclic) bond motifs is 1. The molecule has 4 aromatic rings. The molecular weight excluding hydrogens is 412 g/mol. The molecule has 0 N–H and O–H groups in total. The molecular formula is C23H23F2N7. The van der Waals surface area contributed by atoms with Gasteiger partial charge in [-0.1, -0.05) is 44.2 Å². The van der Waals surface area contributed by atoms with Crippen LogP contribution >= 0.6 is 0 Å². The van der Waals surface area contributed by atoms with Gasteiger partial charge >= 0.3 is 0 Å². The largest absolute Gasteiger partial charge is 0.283 e. The third-order valence-electron chi connectivity index (χ3n) is 5.81. The van der Waals surface area contributed by atoms with Gasteiger partial charge in [0.05, 0.1) is 17.9 Å². The van der Waals surface area contributed by atoms with Crippen LogP contribution in [0, 0.1) is 11.6 Å². The number of rotatable bonds is 5. The zero-order valence-electron chi connectivity index (χ0n) is 17.9. The van der Waals surface area contributed by atoms with Crippen molar-refractivity contribution in [3.8, 4) is 5.69 Å². The Kier molecular flexibility index (Phi) is 5.26. The Morgan fingerprint density at radius 2 is 1.84 bits per heavy atom. The second-order valence-electron chi connectivity index (χ2n) is 8.25. The summed E-state index contributed by atoms with van der Waals surface area (Å²) in [6, 6.07) is 13.5. The summed E-state index contributed by atoms with van der Waals surface area (Å²) < 4.78 is 32.4. The monoisotopic (exact) mass is 435 g/mol. The molecule has 1 atom stereocenters. The van der Waals surface area contributed by atoms with Gasteiger partial charge in [0.1, 0.15) is 6.04 Å². The summed E-state index contributed by atoms with van der Waals surface area (Å²) in [4.78, 5) is 2.09. The zero-order valence-corrected chi connectivity index (χ0v) is 17.9. The number of hydrogen-bond donors (Lipinski definition) is 0. The fourth-order valence-electron chi connectivity index (χ4n) is 4.28. The number of hydrogen-bond acceptors (Lipinski definition) is 5. The SMILES string of the molecule is CC(C)c1nn(-c2ccccc2)cc1CN1CCn2nnnc2C1c1cccc(F)c1F. The lowest BCUT2D eigenvalue weighted by Crippen LogP contribution is -2.39. The van der Waals surface area contributed by atoms with E-state index in [0.717, 1.165) is 23.0 Å². The normalized spacial score (nSPS) is 16.5. The Labute approximate surface area is 184 Å². The average molecular weight is 435 g/mol. The molecule has 5 rings (SSSR count).